The van der Waals surface area contributed by atoms with Gasteiger partial charge in [0.1, 0.15) is 12.7 Å². The van der Waals surface area contributed by atoms with Crippen LogP contribution in [0.15, 0.2) is 60.7 Å². The van der Waals surface area contributed by atoms with E-state index in [4.69, 9.17) is 43.7 Å². The molecule has 0 aromatic heterocycles. The molecule has 2 heterocycles. The fraction of sp³-hybridized carbons (Fsp3) is 0.423. The van der Waals surface area contributed by atoms with Crippen LogP contribution in [0.4, 0.5) is 9.59 Å². The van der Waals surface area contributed by atoms with E-state index in [1.54, 1.807) is 75.4 Å². The maximum atomic E-state index is 13.6. The number of fused-ring (bicyclic) bond motifs is 14. The van der Waals surface area contributed by atoms with Crippen LogP contribution < -0.4 is 0 Å². The summed E-state index contributed by atoms with van der Waals surface area (Å²) in [5.41, 5.74) is 6.66. The van der Waals surface area contributed by atoms with Crippen LogP contribution in [0.2, 0.25) is 0 Å². The van der Waals surface area contributed by atoms with Crippen LogP contribution in [-0.4, -0.2) is 61.1 Å². The number of carbonyl (C=O) groups is 6. The van der Waals surface area contributed by atoms with E-state index in [0.29, 0.717) is 22.3 Å². The third kappa shape index (κ3) is 11.6. The molecule has 0 N–H and O–H groups in total. The highest BCUT2D eigenvalue weighted by molar-refractivity contribution is 5.93. The second-order valence-electron chi connectivity index (χ2n) is 18.3. The summed E-state index contributed by atoms with van der Waals surface area (Å²) in [5.74, 6) is -4.43. The summed E-state index contributed by atoms with van der Waals surface area (Å²) in [7, 11) is 0. The van der Waals surface area contributed by atoms with Crippen molar-refractivity contribution >= 4 is 36.2 Å². The molecule has 18 nitrogen and oxygen atoms in total. The van der Waals surface area contributed by atoms with Gasteiger partial charge in [-0.3, -0.25) is 19.6 Å². The van der Waals surface area contributed by atoms with Gasteiger partial charge in [-0.05, 0) is 174 Å². The summed E-state index contributed by atoms with van der Waals surface area (Å²) < 4.78 is 10.8. The average Bonchev–Trinajstić information content (AvgIpc) is 3.31. The second-order valence-corrected chi connectivity index (χ2v) is 18.3. The molecule has 5 atom stereocenters. The minimum absolute atomic E-state index is 0.0717. The van der Waals surface area contributed by atoms with Crippen molar-refractivity contribution in [3.8, 4) is 0 Å². The molecular weight excluding hydrogens is 913 g/mol. The van der Waals surface area contributed by atoms with Crippen molar-refractivity contribution in [2.45, 2.75) is 124 Å². The van der Waals surface area contributed by atoms with Crippen LogP contribution in [0.25, 0.3) is 0 Å². The van der Waals surface area contributed by atoms with Crippen LogP contribution in [-0.2, 0) is 58.7 Å². The Balaban J connectivity index is 1.18. The van der Waals surface area contributed by atoms with E-state index in [9.17, 15) is 28.8 Å². The van der Waals surface area contributed by atoms with E-state index in [-0.39, 0.29) is 60.0 Å². The molecule has 4 aliphatic rings. The summed E-state index contributed by atoms with van der Waals surface area (Å²) in [4.78, 5) is 122. The molecule has 70 heavy (non-hydrogen) atoms. The summed E-state index contributed by atoms with van der Waals surface area (Å²) >= 11 is 0. The lowest BCUT2D eigenvalue weighted by Gasteiger charge is -2.41. The van der Waals surface area contributed by atoms with Gasteiger partial charge in [-0.25, -0.2) is 38.5 Å². The first-order valence-electron chi connectivity index (χ1n) is 23.0. The van der Waals surface area contributed by atoms with Gasteiger partial charge < -0.3 is 9.47 Å². The number of rotatable bonds is 6. The first kappa shape index (κ1) is 51.0. The van der Waals surface area contributed by atoms with Crippen molar-refractivity contribution in [2.24, 2.45) is 5.92 Å². The maximum absolute atomic E-state index is 13.6. The lowest BCUT2D eigenvalue weighted by molar-refractivity contribution is -0.454. The van der Waals surface area contributed by atoms with Crippen LogP contribution in [0, 0.1) is 61.3 Å². The molecule has 2 saturated carbocycles. The van der Waals surface area contributed by atoms with Crippen molar-refractivity contribution in [3.63, 3.8) is 0 Å². The van der Waals surface area contributed by atoms with E-state index < -0.39 is 60.4 Å². The number of hydrogen-bond acceptors (Lipinski definition) is 18. The van der Waals surface area contributed by atoms with Gasteiger partial charge in [-0.1, -0.05) is 60.4 Å². The Bertz CT molecular complexity index is 2660. The van der Waals surface area contributed by atoms with Crippen LogP contribution in [0.1, 0.15) is 154 Å². The highest BCUT2D eigenvalue weighted by Crippen LogP contribution is 2.48. The zero-order valence-electron chi connectivity index (χ0n) is 40.3. The van der Waals surface area contributed by atoms with E-state index in [1.165, 1.54) is 0 Å². The predicted molar refractivity (Wildman–Crippen MR) is 242 cm³/mol. The molecular formula is C52H56O18. The largest absolute Gasteiger partial charge is 0.543 e. The summed E-state index contributed by atoms with van der Waals surface area (Å²) in [5, 5.41) is 9.33. The first-order chi connectivity index (χ1) is 33.5. The molecule has 2 aliphatic carbocycles. The minimum atomic E-state index is -1.94. The molecule has 4 aromatic rings. The fourth-order valence-corrected chi connectivity index (χ4v) is 9.99. The maximum Gasteiger partial charge on any atom is 0.543 e. The highest BCUT2D eigenvalue weighted by Gasteiger charge is 2.51. The Kier molecular flexibility index (Phi) is 16.2. The molecule has 0 spiro atoms. The van der Waals surface area contributed by atoms with E-state index >= 15 is 0 Å². The summed E-state index contributed by atoms with van der Waals surface area (Å²) in [6.45, 7) is 13.5. The number of aryl methyl sites for hydroxylation is 6. The number of benzene rings is 4. The zero-order valence-corrected chi connectivity index (χ0v) is 40.3. The lowest BCUT2D eigenvalue weighted by Crippen LogP contribution is -2.55. The van der Waals surface area contributed by atoms with Crippen LogP contribution >= 0.6 is 0 Å². The quantitative estimate of drug-likeness (QED) is 0.0998. The lowest BCUT2D eigenvalue weighted by atomic mass is 9.68. The summed E-state index contributed by atoms with van der Waals surface area (Å²) in [6, 6.07) is 16.8. The minimum Gasteiger partial charge on any atom is -0.432 e. The molecule has 18 heteroatoms. The fourth-order valence-electron chi connectivity index (χ4n) is 9.99. The molecule has 2 aliphatic heterocycles. The third-order valence-electron chi connectivity index (χ3n) is 13.5. The number of ether oxygens (including phenoxy) is 2. The Labute approximate surface area is 404 Å². The average molecular weight is 969 g/mol. The standard InChI is InChI=1S/C52H56O18/c1-28-13-17-37(32(5)23-28)46(53)62-61-43-25-36-21-22-52(43,68-63-47(54)38-18-14-29(2)24-33(38)6)27-60-51(58)67-70-65-49(56)40-20-16-31(4)45(35(40)8)42-12-10-9-11-41(42)44-30(3)15-19-39(34(44)7)48(55)64-69-66-50(57)59-26-36/h13-20,23-24,36,41-43H,9-12,21-22,25-27H2,1-8H3. The molecule has 0 radical (unpaired) electrons. The smallest absolute Gasteiger partial charge is 0.432 e. The zero-order chi connectivity index (χ0) is 50.3. The van der Waals surface area contributed by atoms with Crippen molar-refractivity contribution < 1.29 is 87.4 Å². The Hall–Kier alpha value is -6.86. The molecule has 8 rings (SSSR count). The first-order valence-corrected chi connectivity index (χ1v) is 23.0. The van der Waals surface area contributed by atoms with Gasteiger partial charge >= 0.3 is 36.2 Å². The van der Waals surface area contributed by atoms with Crippen molar-refractivity contribution in [1.82, 2.24) is 0 Å². The number of carbonyl (C=O) groups excluding carboxylic acids is 6. The molecule has 4 aromatic carbocycles. The third-order valence-corrected chi connectivity index (χ3v) is 13.5. The van der Waals surface area contributed by atoms with Crippen molar-refractivity contribution in [3.05, 3.63) is 139 Å². The van der Waals surface area contributed by atoms with E-state index in [1.807, 2.05) is 40.7 Å². The molecule has 2 fully saturated rings. The van der Waals surface area contributed by atoms with E-state index in [2.05, 4.69) is 15.0 Å². The number of hydrogen-bond donors (Lipinski definition) is 0. The normalized spacial score (nSPS) is 22.5. The molecule has 6 bridgehead atoms. The van der Waals surface area contributed by atoms with Gasteiger partial charge in [-0.2, -0.15) is 9.78 Å². The van der Waals surface area contributed by atoms with E-state index in [0.717, 1.165) is 59.1 Å². The van der Waals surface area contributed by atoms with Gasteiger partial charge in [0.2, 0.25) is 0 Å². The SMILES string of the molecule is Cc1ccc(C(=O)OOC2CC3CCC2(OOC(=O)c2ccc(C)cc2C)COC(=O)OOOC(=O)c2ccc(C)c(c2C)C2CCCCC2c2c(C)ccc(c2C)C(=O)OOOC(=O)OC3)c(C)c1. The molecule has 372 valence electrons. The van der Waals surface area contributed by atoms with Gasteiger partial charge in [0.05, 0.1) is 38.9 Å². The Morgan fingerprint density at radius 3 is 1.59 bits per heavy atom. The molecule has 5 unspecified atom stereocenters. The van der Waals surface area contributed by atoms with Crippen LogP contribution in [0.5, 0.6) is 0 Å². The van der Waals surface area contributed by atoms with Gasteiger partial charge in [0.15, 0.2) is 5.60 Å². The summed E-state index contributed by atoms with van der Waals surface area (Å²) in [6.07, 6.45) is -1.04. The van der Waals surface area contributed by atoms with Crippen molar-refractivity contribution in [2.75, 3.05) is 13.2 Å². The van der Waals surface area contributed by atoms with Crippen LogP contribution in [0.3, 0.4) is 0 Å². The van der Waals surface area contributed by atoms with Crippen molar-refractivity contribution in [1.29, 1.82) is 0 Å². The van der Waals surface area contributed by atoms with Gasteiger partial charge in [0.25, 0.3) is 0 Å². The van der Waals surface area contributed by atoms with Gasteiger partial charge in [-0.15, -0.1) is 0 Å². The Morgan fingerprint density at radius 1 is 0.571 bits per heavy atom. The monoisotopic (exact) mass is 968 g/mol. The van der Waals surface area contributed by atoms with Gasteiger partial charge in [0, 0.05) is 0 Å². The predicted octanol–water partition coefficient (Wildman–Crippen LogP) is 10.4. The Morgan fingerprint density at radius 2 is 1.07 bits per heavy atom. The topological polar surface area (TPSA) is 213 Å². The molecule has 0 saturated heterocycles. The second kappa shape index (κ2) is 22.3. The molecule has 0 amide bonds. The highest BCUT2D eigenvalue weighted by atomic mass is 17.5.